The van der Waals surface area contributed by atoms with Crippen LogP contribution in [0.1, 0.15) is 17.3 Å². The summed E-state index contributed by atoms with van der Waals surface area (Å²) in [6, 6.07) is 21.0. The zero-order valence-corrected chi connectivity index (χ0v) is 20.6. The summed E-state index contributed by atoms with van der Waals surface area (Å²) in [5, 5.41) is 11.6. The number of carbonyl (C=O) groups excluding carboxylic acids is 1. The first kappa shape index (κ1) is 22.0. The molecular weight excluding hydrogens is 524 g/mol. The normalized spacial score (nSPS) is 16.9. The van der Waals surface area contributed by atoms with E-state index < -0.39 is 6.17 Å². The molecule has 9 heteroatoms. The van der Waals surface area contributed by atoms with Crippen LogP contribution in [-0.4, -0.2) is 22.3 Å². The van der Waals surface area contributed by atoms with Gasteiger partial charge in [0.15, 0.2) is 11.3 Å². The Hall–Kier alpha value is -2.81. The van der Waals surface area contributed by atoms with Crippen LogP contribution in [0.4, 0.5) is 0 Å². The molecule has 3 aromatic rings. The fraction of sp³-hybridized carbons (Fsp3) is 0.125. The van der Waals surface area contributed by atoms with E-state index in [0.29, 0.717) is 38.8 Å². The Balaban J connectivity index is 1.65. The predicted molar refractivity (Wildman–Crippen MR) is 134 cm³/mol. The maximum absolute atomic E-state index is 13.1. The Bertz CT molecular complexity index is 1400. The number of benzene rings is 3. The fourth-order valence-corrected chi connectivity index (χ4v) is 4.64. The lowest BCUT2D eigenvalue weighted by Gasteiger charge is -2.34. The molecule has 0 radical (unpaired) electrons. The molecule has 2 heterocycles. The van der Waals surface area contributed by atoms with E-state index >= 15 is 0 Å². The van der Waals surface area contributed by atoms with Crippen molar-refractivity contribution < 1.29 is 9.53 Å². The Morgan fingerprint density at radius 1 is 1.15 bits per heavy atom. The van der Waals surface area contributed by atoms with Crippen LogP contribution in [0.2, 0.25) is 5.02 Å². The van der Waals surface area contributed by atoms with Gasteiger partial charge in [-0.05, 0) is 48.2 Å². The first-order valence-electron chi connectivity index (χ1n) is 10.1. The molecule has 1 N–H and O–H groups in total. The first-order valence-corrected chi connectivity index (χ1v) is 12.5. The molecule has 6 nitrogen and oxygen atoms in total. The molecule has 0 aliphatic carbocycles. The first-order chi connectivity index (χ1) is 16.0. The third-order valence-corrected chi connectivity index (χ3v) is 6.55. The zero-order chi connectivity index (χ0) is 22.9. The van der Waals surface area contributed by atoms with Gasteiger partial charge in [-0.15, -0.1) is 5.10 Å². The number of thioether (sulfide) groups is 1. The van der Waals surface area contributed by atoms with Crippen molar-refractivity contribution in [3.05, 3.63) is 97.9 Å². The maximum atomic E-state index is 13.1. The van der Waals surface area contributed by atoms with Crippen LogP contribution >= 0.6 is 39.3 Å². The van der Waals surface area contributed by atoms with E-state index in [1.807, 2.05) is 66.9 Å². The average Bonchev–Trinajstić information content (AvgIpc) is 2.83. The predicted octanol–water partition coefficient (Wildman–Crippen LogP) is 4.19. The molecule has 1 amide bonds. The lowest BCUT2D eigenvalue weighted by atomic mass is 10.1. The Morgan fingerprint density at radius 3 is 2.76 bits per heavy atom. The molecule has 0 fully saturated rings. The van der Waals surface area contributed by atoms with Gasteiger partial charge >= 0.3 is 0 Å². The number of ether oxygens (including phenoxy) is 1. The van der Waals surface area contributed by atoms with Crippen LogP contribution in [0.25, 0.3) is 5.70 Å². The standard InChI is InChI=1S/C24H18BrClN4O2S/c1-33-24-28-23(31)21-17-11-15(25)7-9-19(17)27-22(30(21)29-24)18-12-16(26)8-10-20(18)32-13-14-5-3-2-4-6-14/h2-12,22H,13H2,1H3,(H,28,29,31)/t22-/m0/s1. The minimum atomic E-state index is -0.619. The monoisotopic (exact) mass is 540 g/mol. The van der Waals surface area contributed by atoms with E-state index in [9.17, 15) is 4.79 Å². The number of halogens is 2. The molecule has 0 saturated carbocycles. The third kappa shape index (κ3) is 4.38. The molecule has 33 heavy (non-hydrogen) atoms. The molecule has 3 aromatic carbocycles. The summed E-state index contributed by atoms with van der Waals surface area (Å²) in [5.74, 6) is 0.395. The molecular formula is C24H18BrClN4O2S. The van der Waals surface area contributed by atoms with Gasteiger partial charge in [-0.3, -0.25) is 15.1 Å². The van der Waals surface area contributed by atoms with Crippen molar-refractivity contribution in [3.63, 3.8) is 0 Å². The van der Waals surface area contributed by atoms with Gasteiger partial charge in [0.1, 0.15) is 18.1 Å². The Labute approximate surface area is 208 Å². The number of hydrogen-bond donors (Lipinski definition) is 1. The van der Waals surface area contributed by atoms with Crippen LogP contribution in [0.3, 0.4) is 0 Å². The lowest BCUT2D eigenvalue weighted by molar-refractivity contribution is -0.116. The largest absolute Gasteiger partial charge is 0.488 e. The van der Waals surface area contributed by atoms with E-state index in [1.165, 1.54) is 11.8 Å². The summed E-state index contributed by atoms with van der Waals surface area (Å²) >= 11 is 11.2. The smallest absolute Gasteiger partial charge is 0.276 e. The summed E-state index contributed by atoms with van der Waals surface area (Å²) in [5.41, 5.74) is 2.20. The summed E-state index contributed by atoms with van der Waals surface area (Å²) in [6.45, 7) is 0.391. The van der Waals surface area contributed by atoms with Crippen molar-refractivity contribution in [2.24, 2.45) is 10.1 Å². The van der Waals surface area contributed by atoms with E-state index in [1.54, 1.807) is 11.1 Å². The molecule has 1 atom stereocenters. The van der Waals surface area contributed by atoms with Crippen LogP contribution in [-0.2, 0) is 11.4 Å². The van der Waals surface area contributed by atoms with Gasteiger partial charge in [0.25, 0.3) is 5.91 Å². The second kappa shape index (κ2) is 9.21. The molecule has 0 spiro atoms. The highest BCUT2D eigenvalue weighted by Gasteiger charge is 2.35. The van der Waals surface area contributed by atoms with Gasteiger partial charge in [0.2, 0.25) is 0 Å². The molecule has 166 valence electrons. The van der Waals surface area contributed by atoms with Crippen molar-refractivity contribution in [1.29, 1.82) is 0 Å². The quantitative estimate of drug-likeness (QED) is 0.538. The lowest BCUT2D eigenvalue weighted by Crippen LogP contribution is -2.50. The fourth-order valence-electron chi connectivity index (χ4n) is 3.73. The number of nitrogens with one attached hydrogen (secondary N) is 1. The van der Waals surface area contributed by atoms with Crippen molar-refractivity contribution in [3.8, 4) is 5.75 Å². The zero-order valence-electron chi connectivity index (χ0n) is 17.5. The average molecular weight is 542 g/mol. The van der Waals surface area contributed by atoms with E-state index in [4.69, 9.17) is 21.3 Å². The second-order valence-corrected chi connectivity index (χ2v) is 9.52. The summed E-state index contributed by atoms with van der Waals surface area (Å²) in [6.07, 6.45) is 1.24. The van der Waals surface area contributed by atoms with Crippen molar-refractivity contribution >= 4 is 56.1 Å². The molecule has 0 unspecified atom stereocenters. The topological polar surface area (TPSA) is 66.3 Å². The molecule has 2 aliphatic rings. The van der Waals surface area contributed by atoms with Crippen molar-refractivity contribution in [1.82, 2.24) is 10.3 Å². The highest BCUT2D eigenvalue weighted by molar-refractivity contribution is 9.10. The van der Waals surface area contributed by atoms with Gasteiger partial charge in [0.05, 0.1) is 5.36 Å². The number of rotatable bonds is 4. The number of carbonyl (C=O) groups is 1. The number of hydrogen-bond acceptors (Lipinski definition) is 6. The maximum Gasteiger partial charge on any atom is 0.276 e. The van der Waals surface area contributed by atoms with Crippen LogP contribution in [0.5, 0.6) is 5.75 Å². The highest BCUT2D eigenvalue weighted by Crippen LogP contribution is 2.37. The van der Waals surface area contributed by atoms with Crippen LogP contribution < -0.4 is 20.6 Å². The number of hydrazone groups is 1. The van der Waals surface area contributed by atoms with E-state index in [2.05, 4.69) is 26.3 Å². The number of fused-ring (bicyclic) bond motifs is 2. The molecule has 0 bridgehead atoms. The SMILES string of the molecule is CSC1=NN2C(=c3cc(Br)ccc3=N[C@@H]2c2cc(Cl)ccc2OCc2ccccc2)C(=O)N1. The summed E-state index contributed by atoms with van der Waals surface area (Å²) in [7, 11) is 0. The van der Waals surface area contributed by atoms with Gasteiger partial charge in [-0.1, -0.05) is 69.6 Å². The van der Waals surface area contributed by atoms with Gasteiger partial charge in [-0.2, -0.15) is 0 Å². The summed E-state index contributed by atoms with van der Waals surface area (Å²) < 4.78 is 7.03. The Morgan fingerprint density at radius 2 is 1.97 bits per heavy atom. The highest BCUT2D eigenvalue weighted by atomic mass is 79.9. The summed E-state index contributed by atoms with van der Waals surface area (Å²) in [4.78, 5) is 18.1. The molecule has 0 saturated heterocycles. The van der Waals surface area contributed by atoms with E-state index in [-0.39, 0.29) is 5.91 Å². The number of amidine groups is 1. The van der Waals surface area contributed by atoms with Crippen molar-refractivity contribution in [2.75, 3.05) is 6.26 Å². The molecule has 0 aromatic heterocycles. The van der Waals surface area contributed by atoms with Crippen LogP contribution in [0, 0.1) is 0 Å². The third-order valence-electron chi connectivity index (χ3n) is 5.25. The van der Waals surface area contributed by atoms with Crippen LogP contribution in [0.15, 0.2) is 81.3 Å². The molecule has 5 rings (SSSR count). The minimum absolute atomic E-state index is 0.234. The van der Waals surface area contributed by atoms with Crippen molar-refractivity contribution in [2.45, 2.75) is 12.8 Å². The van der Waals surface area contributed by atoms with Gasteiger partial charge in [-0.25, -0.2) is 5.01 Å². The van der Waals surface area contributed by atoms with Gasteiger partial charge < -0.3 is 4.74 Å². The number of amides is 1. The van der Waals surface area contributed by atoms with Gasteiger partial charge in [0, 0.05) is 20.3 Å². The minimum Gasteiger partial charge on any atom is -0.488 e. The van der Waals surface area contributed by atoms with E-state index in [0.717, 1.165) is 15.6 Å². The second-order valence-electron chi connectivity index (χ2n) is 7.38. The number of nitrogens with zero attached hydrogens (tertiary/aromatic N) is 3. The molecule has 2 aliphatic heterocycles. The Kier molecular flexibility index (Phi) is 6.14.